The summed E-state index contributed by atoms with van der Waals surface area (Å²) in [6.07, 6.45) is -1.37. The van der Waals surface area contributed by atoms with Gasteiger partial charge in [0.05, 0.1) is 18.2 Å². The first-order chi connectivity index (χ1) is 16.9. The van der Waals surface area contributed by atoms with Gasteiger partial charge in [-0.3, -0.25) is 14.4 Å². The highest BCUT2D eigenvalue weighted by Crippen LogP contribution is 2.12. The molecular formula is C23H37N5O8. The van der Waals surface area contributed by atoms with E-state index in [4.69, 9.17) is 11.5 Å². The Balaban J connectivity index is 2.89. The number of nitrogens with one attached hydrogen (secondary N) is 3. The van der Waals surface area contributed by atoms with Crippen molar-refractivity contribution in [1.82, 2.24) is 16.0 Å². The molecule has 1 aromatic carbocycles. The Morgan fingerprint density at radius 1 is 0.861 bits per heavy atom. The van der Waals surface area contributed by atoms with Gasteiger partial charge in [-0.25, -0.2) is 4.79 Å². The van der Waals surface area contributed by atoms with E-state index in [1.54, 1.807) is 0 Å². The van der Waals surface area contributed by atoms with Crippen LogP contribution in [-0.2, 0) is 25.6 Å². The molecule has 0 radical (unpaired) electrons. The Bertz CT molecular complexity index is 878. The van der Waals surface area contributed by atoms with Crippen molar-refractivity contribution >= 4 is 23.7 Å². The summed E-state index contributed by atoms with van der Waals surface area (Å²) in [5.74, 6) is -4.02. The van der Waals surface area contributed by atoms with Crippen LogP contribution in [0, 0.1) is 0 Å². The van der Waals surface area contributed by atoms with Crippen molar-refractivity contribution in [2.45, 2.75) is 75.9 Å². The number of hydrogen-bond donors (Lipinski definition) is 9. The topological polar surface area (TPSA) is 237 Å². The van der Waals surface area contributed by atoms with Gasteiger partial charge in [-0.2, -0.15) is 0 Å². The minimum atomic E-state index is -1.59. The average molecular weight is 512 g/mol. The Morgan fingerprint density at radius 2 is 1.36 bits per heavy atom. The lowest BCUT2D eigenvalue weighted by atomic mass is 10.0. The number of unbranched alkanes of at least 4 members (excludes halogenated alkanes) is 1. The van der Waals surface area contributed by atoms with Crippen molar-refractivity contribution < 1.29 is 39.6 Å². The minimum Gasteiger partial charge on any atom is -0.508 e. The fourth-order valence-corrected chi connectivity index (χ4v) is 3.28. The Hall–Kier alpha value is -3.26. The summed E-state index contributed by atoms with van der Waals surface area (Å²) in [6.45, 7) is 2.90. The number of aromatic hydroxyl groups is 1. The maximum atomic E-state index is 12.8. The highest BCUT2D eigenvalue weighted by Gasteiger charge is 2.34. The van der Waals surface area contributed by atoms with Crippen molar-refractivity contribution in [3.05, 3.63) is 29.8 Å². The van der Waals surface area contributed by atoms with Gasteiger partial charge in [-0.05, 0) is 50.9 Å². The monoisotopic (exact) mass is 511 g/mol. The number of aliphatic carboxylic acids is 1. The Morgan fingerprint density at radius 3 is 1.83 bits per heavy atom. The summed E-state index contributed by atoms with van der Waals surface area (Å²) < 4.78 is 0. The first-order valence-corrected chi connectivity index (χ1v) is 11.6. The molecule has 11 N–H and O–H groups in total. The van der Waals surface area contributed by atoms with Crippen molar-refractivity contribution in [2.75, 3.05) is 6.54 Å². The summed E-state index contributed by atoms with van der Waals surface area (Å²) in [7, 11) is 0. The number of phenolic OH excluding ortho intramolecular Hbond substituents is 1. The normalized spacial score (nSPS) is 16.1. The third kappa shape index (κ3) is 10.2. The van der Waals surface area contributed by atoms with Crippen LogP contribution in [0.3, 0.4) is 0 Å². The van der Waals surface area contributed by atoms with Crippen LogP contribution in [0.1, 0.15) is 38.7 Å². The fourth-order valence-electron chi connectivity index (χ4n) is 3.28. The van der Waals surface area contributed by atoms with E-state index in [0.29, 0.717) is 31.4 Å². The van der Waals surface area contributed by atoms with Crippen LogP contribution in [0.15, 0.2) is 24.3 Å². The second-order valence-electron chi connectivity index (χ2n) is 8.61. The average Bonchev–Trinajstić information content (AvgIpc) is 2.80. The van der Waals surface area contributed by atoms with Crippen LogP contribution in [0.4, 0.5) is 0 Å². The molecule has 0 bridgehead atoms. The van der Waals surface area contributed by atoms with Crippen LogP contribution in [0.25, 0.3) is 0 Å². The lowest BCUT2D eigenvalue weighted by Gasteiger charge is -2.27. The molecule has 0 saturated carbocycles. The van der Waals surface area contributed by atoms with E-state index in [0.717, 1.165) is 0 Å². The molecule has 0 fully saturated rings. The van der Waals surface area contributed by atoms with Crippen LogP contribution >= 0.6 is 0 Å². The number of amides is 3. The van der Waals surface area contributed by atoms with E-state index in [1.165, 1.54) is 38.1 Å². The molecule has 0 heterocycles. The van der Waals surface area contributed by atoms with Crippen LogP contribution < -0.4 is 27.4 Å². The predicted molar refractivity (Wildman–Crippen MR) is 129 cm³/mol. The van der Waals surface area contributed by atoms with Gasteiger partial charge in [0.15, 0.2) is 0 Å². The summed E-state index contributed by atoms with van der Waals surface area (Å²) in [6, 6.07) is 0.281. The zero-order valence-electron chi connectivity index (χ0n) is 20.4. The number of carbonyl (C=O) groups excluding carboxylic acids is 3. The molecule has 1 rings (SSSR count). The van der Waals surface area contributed by atoms with Gasteiger partial charge in [-0.15, -0.1) is 0 Å². The molecule has 0 aliphatic heterocycles. The summed E-state index contributed by atoms with van der Waals surface area (Å²) in [5, 5.41) is 45.9. The van der Waals surface area contributed by atoms with Gasteiger partial charge < -0.3 is 47.8 Å². The molecule has 202 valence electrons. The maximum Gasteiger partial charge on any atom is 0.326 e. The van der Waals surface area contributed by atoms with Crippen LogP contribution in [0.2, 0.25) is 0 Å². The standard InChI is InChI=1S/C23H37N5O8/c1-12(29)18(21(33)26-17(23(35)36)11-14-6-8-15(31)9-7-14)28-22(34)19(13(2)30)27-20(32)16(25)5-3-4-10-24/h6-9,12-13,16-19,29-31H,3-5,10-11,24-25H2,1-2H3,(H,26,33)(H,27,32)(H,28,34)(H,35,36). The molecule has 0 spiro atoms. The zero-order chi connectivity index (χ0) is 27.4. The Labute approximate surface area is 209 Å². The number of aliphatic hydroxyl groups is 2. The first kappa shape index (κ1) is 30.8. The Kier molecular flexibility index (Phi) is 12.8. The smallest absolute Gasteiger partial charge is 0.326 e. The van der Waals surface area contributed by atoms with Crippen LogP contribution in [0.5, 0.6) is 5.75 Å². The number of benzene rings is 1. The van der Waals surface area contributed by atoms with Gasteiger partial charge in [0.1, 0.15) is 23.9 Å². The number of aliphatic hydroxyl groups excluding tert-OH is 2. The molecule has 3 amide bonds. The second-order valence-corrected chi connectivity index (χ2v) is 8.61. The van der Waals surface area contributed by atoms with E-state index in [-0.39, 0.29) is 12.2 Å². The fraction of sp³-hybridized carbons (Fsp3) is 0.565. The highest BCUT2D eigenvalue weighted by atomic mass is 16.4. The van der Waals surface area contributed by atoms with Crippen molar-refractivity contribution in [3.8, 4) is 5.75 Å². The van der Waals surface area contributed by atoms with E-state index in [1.807, 2.05) is 0 Å². The van der Waals surface area contributed by atoms with E-state index in [9.17, 15) is 39.6 Å². The summed E-state index contributed by atoms with van der Waals surface area (Å²) in [4.78, 5) is 49.6. The predicted octanol–water partition coefficient (Wildman–Crippen LogP) is -2.31. The molecule has 0 aliphatic rings. The lowest BCUT2D eigenvalue weighted by Crippen LogP contribution is -2.62. The number of hydrogen-bond acceptors (Lipinski definition) is 9. The van der Waals surface area contributed by atoms with Crippen LogP contribution in [-0.4, -0.2) is 87.0 Å². The lowest BCUT2D eigenvalue weighted by molar-refractivity contribution is -0.143. The summed E-state index contributed by atoms with van der Waals surface area (Å²) >= 11 is 0. The molecule has 6 atom stereocenters. The van der Waals surface area contributed by atoms with Gasteiger partial charge in [0.2, 0.25) is 17.7 Å². The first-order valence-electron chi connectivity index (χ1n) is 11.6. The third-order valence-corrected chi connectivity index (χ3v) is 5.42. The molecule has 0 aromatic heterocycles. The second kappa shape index (κ2) is 15.0. The number of nitrogens with two attached hydrogens (primary N) is 2. The van der Waals surface area contributed by atoms with Gasteiger partial charge in [-0.1, -0.05) is 18.6 Å². The van der Waals surface area contributed by atoms with Gasteiger partial charge >= 0.3 is 5.97 Å². The molecule has 1 aromatic rings. The van der Waals surface area contributed by atoms with Crippen molar-refractivity contribution in [1.29, 1.82) is 0 Å². The largest absolute Gasteiger partial charge is 0.508 e. The quantitative estimate of drug-likeness (QED) is 0.114. The minimum absolute atomic E-state index is 0.0113. The third-order valence-electron chi connectivity index (χ3n) is 5.42. The van der Waals surface area contributed by atoms with Gasteiger partial charge in [0.25, 0.3) is 0 Å². The molecule has 36 heavy (non-hydrogen) atoms. The maximum absolute atomic E-state index is 12.8. The van der Waals surface area contributed by atoms with Gasteiger partial charge in [0, 0.05) is 6.42 Å². The van der Waals surface area contributed by atoms with Crippen molar-refractivity contribution in [2.24, 2.45) is 11.5 Å². The number of carboxylic acid groups (broad SMARTS) is 1. The molecular weight excluding hydrogens is 474 g/mol. The molecule has 0 aliphatic carbocycles. The van der Waals surface area contributed by atoms with E-state index >= 15 is 0 Å². The van der Waals surface area contributed by atoms with E-state index < -0.39 is 60.1 Å². The number of rotatable bonds is 15. The van der Waals surface area contributed by atoms with E-state index in [2.05, 4.69) is 16.0 Å². The summed E-state index contributed by atoms with van der Waals surface area (Å²) in [5.41, 5.74) is 11.7. The SMILES string of the molecule is CC(O)C(NC(=O)C(N)CCCCN)C(=O)NC(C(=O)NC(Cc1ccc(O)cc1)C(=O)O)C(C)O. The zero-order valence-corrected chi connectivity index (χ0v) is 20.4. The highest BCUT2D eigenvalue weighted by molar-refractivity contribution is 5.94. The molecule has 0 saturated heterocycles. The van der Waals surface area contributed by atoms with Crippen molar-refractivity contribution in [3.63, 3.8) is 0 Å². The molecule has 13 heteroatoms. The number of phenols is 1. The molecule has 6 unspecified atom stereocenters. The molecule has 13 nitrogen and oxygen atoms in total. The number of carbonyl (C=O) groups is 4. The number of carboxylic acids is 1.